The number of rotatable bonds is 5. The Kier molecular flexibility index (Phi) is 8.80. The maximum atomic E-state index is 10.0. The molecular formula is C52H56N2. The van der Waals surface area contributed by atoms with Gasteiger partial charge in [-0.15, -0.1) is 0 Å². The Labute approximate surface area is 323 Å². The minimum atomic E-state index is -0.0824. The zero-order valence-corrected chi connectivity index (χ0v) is 34.4. The molecule has 0 heterocycles. The third-order valence-electron chi connectivity index (χ3n) is 11.3. The summed E-state index contributed by atoms with van der Waals surface area (Å²) in [6, 6.07) is 39.7. The first-order chi connectivity index (χ1) is 25.1. The van der Waals surface area contributed by atoms with E-state index in [0.717, 1.165) is 33.4 Å². The molecule has 0 aliphatic carbocycles. The molecule has 2 nitrogen and oxygen atoms in total. The number of hydrogen-bond acceptors (Lipinski definition) is 2. The van der Waals surface area contributed by atoms with E-state index in [9.17, 15) is 10.8 Å². The third-order valence-corrected chi connectivity index (χ3v) is 11.3. The summed E-state index contributed by atoms with van der Waals surface area (Å²) < 4.78 is 0. The molecule has 0 aliphatic heterocycles. The average Bonchev–Trinajstić information content (AvgIpc) is 3.11. The van der Waals surface area contributed by atoms with Gasteiger partial charge < -0.3 is 0 Å². The van der Waals surface area contributed by atoms with Crippen LogP contribution < -0.4 is 0 Å². The van der Waals surface area contributed by atoms with Gasteiger partial charge in [0.1, 0.15) is 0 Å². The van der Waals surface area contributed by atoms with E-state index in [-0.39, 0.29) is 21.7 Å². The van der Waals surface area contributed by atoms with Crippen LogP contribution in [0.25, 0.3) is 43.4 Å². The quantitative estimate of drug-likeness (QED) is 0.132. The lowest BCUT2D eigenvalue weighted by atomic mass is 9.77. The Balaban J connectivity index is 1.53. The van der Waals surface area contributed by atoms with Gasteiger partial charge in [-0.05, 0) is 118 Å². The molecule has 7 rings (SSSR count). The lowest BCUT2D eigenvalue weighted by molar-refractivity contribution is 0.568. The van der Waals surface area contributed by atoms with Crippen molar-refractivity contribution < 1.29 is 0 Å². The fourth-order valence-electron chi connectivity index (χ4n) is 7.76. The lowest BCUT2D eigenvalue weighted by Gasteiger charge is -2.27. The molecule has 0 atom stereocenters. The minimum Gasteiger partial charge on any atom is -0.300 e. The molecule has 0 radical (unpaired) electrons. The van der Waals surface area contributed by atoms with Crippen LogP contribution in [0.3, 0.4) is 0 Å². The summed E-state index contributed by atoms with van der Waals surface area (Å²) in [5, 5.41) is 27.4. The Morgan fingerprint density at radius 3 is 1.04 bits per heavy atom. The van der Waals surface area contributed by atoms with E-state index in [1.165, 1.54) is 54.6 Å². The highest BCUT2D eigenvalue weighted by molar-refractivity contribution is 6.25. The molecule has 0 saturated carbocycles. The molecule has 0 fully saturated rings. The number of benzene rings is 7. The standard InChI is InChI=1S/C52H56N2/c1-49(2,3)38-25-36(26-39(29-38)50(4,5)6)47(53)42-17-14-18-43(48(54)37-27-40(51(7,8)9)30-41(28-37)52(10,11)12)46(42)35-23-33-21-19-31-15-13-16-32-20-22-34(24-35)45(33)44(31)32/h13-30,53-54H,1-12H3. The fraction of sp³-hybridized carbons (Fsp3) is 0.308. The van der Waals surface area contributed by atoms with E-state index in [1.807, 2.05) is 6.07 Å². The molecule has 7 aromatic carbocycles. The molecule has 54 heavy (non-hydrogen) atoms. The van der Waals surface area contributed by atoms with Crippen molar-refractivity contribution in [3.8, 4) is 11.1 Å². The monoisotopic (exact) mass is 708 g/mol. The smallest absolute Gasteiger partial charge is 0.0691 e. The maximum absolute atomic E-state index is 10.0. The van der Waals surface area contributed by atoms with Crippen LogP contribution in [0.4, 0.5) is 0 Å². The van der Waals surface area contributed by atoms with Gasteiger partial charge in [0, 0.05) is 27.8 Å². The first kappa shape index (κ1) is 37.2. The van der Waals surface area contributed by atoms with Crippen molar-refractivity contribution >= 4 is 43.7 Å². The van der Waals surface area contributed by atoms with Crippen LogP contribution in [0, 0.1) is 10.8 Å². The van der Waals surface area contributed by atoms with E-state index in [4.69, 9.17) is 0 Å². The molecule has 274 valence electrons. The number of hydrogen-bond donors (Lipinski definition) is 2. The van der Waals surface area contributed by atoms with Gasteiger partial charge >= 0.3 is 0 Å². The van der Waals surface area contributed by atoms with Crippen LogP contribution in [0.2, 0.25) is 0 Å². The summed E-state index contributed by atoms with van der Waals surface area (Å²) in [6.45, 7) is 27.0. The van der Waals surface area contributed by atoms with Gasteiger partial charge in [0.15, 0.2) is 0 Å². The fourth-order valence-corrected chi connectivity index (χ4v) is 7.76. The van der Waals surface area contributed by atoms with E-state index in [1.54, 1.807) is 0 Å². The van der Waals surface area contributed by atoms with Gasteiger partial charge in [0.25, 0.3) is 0 Å². The predicted molar refractivity (Wildman–Crippen MR) is 235 cm³/mol. The molecule has 0 bridgehead atoms. The molecule has 0 amide bonds. The minimum absolute atomic E-state index is 0.0824. The topological polar surface area (TPSA) is 47.7 Å². The van der Waals surface area contributed by atoms with Crippen molar-refractivity contribution in [2.75, 3.05) is 0 Å². The summed E-state index contributed by atoms with van der Waals surface area (Å²) in [4.78, 5) is 0. The van der Waals surface area contributed by atoms with Crippen molar-refractivity contribution in [3.63, 3.8) is 0 Å². The molecule has 0 unspecified atom stereocenters. The van der Waals surface area contributed by atoms with Crippen LogP contribution in [-0.4, -0.2) is 11.4 Å². The van der Waals surface area contributed by atoms with Crippen LogP contribution in [0.5, 0.6) is 0 Å². The Bertz CT molecular complexity index is 2370. The Morgan fingerprint density at radius 1 is 0.370 bits per heavy atom. The second kappa shape index (κ2) is 12.8. The third kappa shape index (κ3) is 6.77. The first-order valence-electron chi connectivity index (χ1n) is 19.4. The highest BCUT2D eigenvalue weighted by Gasteiger charge is 2.27. The van der Waals surface area contributed by atoms with Crippen LogP contribution in [-0.2, 0) is 21.7 Å². The van der Waals surface area contributed by atoms with E-state index in [0.29, 0.717) is 11.4 Å². The van der Waals surface area contributed by atoms with E-state index < -0.39 is 0 Å². The van der Waals surface area contributed by atoms with Crippen molar-refractivity contribution in [3.05, 3.63) is 154 Å². The van der Waals surface area contributed by atoms with E-state index in [2.05, 4.69) is 186 Å². The highest BCUT2D eigenvalue weighted by Crippen LogP contribution is 2.41. The molecule has 0 spiro atoms. The molecular weight excluding hydrogens is 653 g/mol. The van der Waals surface area contributed by atoms with Crippen LogP contribution in [0.1, 0.15) is 128 Å². The molecule has 0 aliphatic rings. The zero-order valence-electron chi connectivity index (χ0n) is 34.4. The largest absolute Gasteiger partial charge is 0.300 e. The van der Waals surface area contributed by atoms with Gasteiger partial charge in [-0.25, -0.2) is 0 Å². The lowest BCUT2D eigenvalue weighted by Crippen LogP contribution is -2.19. The van der Waals surface area contributed by atoms with Crippen molar-refractivity contribution in [2.24, 2.45) is 0 Å². The maximum Gasteiger partial charge on any atom is 0.0691 e. The van der Waals surface area contributed by atoms with Crippen LogP contribution >= 0.6 is 0 Å². The summed E-state index contributed by atoms with van der Waals surface area (Å²) in [5.41, 5.74) is 10.9. The second-order valence-electron chi connectivity index (χ2n) is 19.6. The van der Waals surface area contributed by atoms with Gasteiger partial charge in [-0.1, -0.05) is 156 Å². The van der Waals surface area contributed by atoms with Crippen molar-refractivity contribution in [2.45, 2.75) is 105 Å². The van der Waals surface area contributed by atoms with Gasteiger partial charge in [0.2, 0.25) is 0 Å². The number of nitrogens with one attached hydrogen (secondary N) is 2. The zero-order chi connectivity index (χ0) is 39.1. The summed E-state index contributed by atoms with van der Waals surface area (Å²) >= 11 is 0. The summed E-state index contributed by atoms with van der Waals surface area (Å²) in [5.74, 6) is 0. The predicted octanol–water partition coefficient (Wildman–Crippen LogP) is 14.3. The normalized spacial score (nSPS) is 13.0. The highest BCUT2D eigenvalue weighted by atomic mass is 14.5. The van der Waals surface area contributed by atoms with Gasteiger partial charge in [-0.3, -0.25) is 10.8 Å². The van der Waals surface area contributed by atoms with Gasteiger partial charge in [-0.2, -0.15) is 0 Å². The SMILES string of the molecule is CC(C)(C)c1cc(C(=N)c2cccc(C(=N)c3cc(C(C)(C)C)cc(C(C)(C)C)c3)c2-c2cc3ccc4cccc5ccc(c2)c3c45)cc(C(C)(C)C)c1. The second-order valence-corrected chi connectivity index (χ2v) is 19.6. The molecule has 2 heteroatoms. The average molecular weight is 709 g/mol. The molecule has 0 aromatic heterocycles. The van der Waals surface area contributed by atoms with E-state index >= 15 is 0 Å². The van der Waals surface area contributed by atoms with Crippen molar-refractivity contribution in [1.29, 1.82) is 10.8 Å². The molecule has 7 aromatic rings. The Hall–Kier alpha value is -5.08. The molecule has 2 N–H and O–H groups in total. The molecule has 0 saturated heterocycles. The summed E-state index contributed by atoms with van der Waals surface area (Å²) in [6.07, 6.45) is 0. The first-order valence-corrected chi connectivity index (χ1v) is 19.4. The Morgan fingerprint density at radius 2 is 0.685 bits per heavy atom. The van der Waals surface area contributed by atoms with Gasteiger partial charge in [0.05, 0.1) is 11.4 Å². The summed E-state index contributed by atoms with van der Waals surface area (Å²) in [7, 11) is 0. The van der Waals surface area contributed by atoms with Crippen LogP contribution in [0.15, 0.2) is 109 Å². The van der Waals surface area contributed by atoms with Crippen molar-refractivity contribution in [1.82, 2.24) is 0 Å².